The number of piperazine rings is 1. The van der Waals surface area contributed by atoms with E-state index in [4.69, 9.17) is 34.8 Å². The van der Waals surface area contributed by atoms with E-state index in [0.717, 1.165) is 5.69 Å². The number of anilines is 1. The summed E-state index contributed by atoms with van der Waals surface area (Å²) in [6.07, 6.45) is 0. The van der Waals surface area contributed by atoms with Crippen LogP contribution in [0.15, 0.2) is 72.8 Å². The first kappa shape index (κ1) is 23.7. The summed E-state index contributed by atoms with van der Waals surface area (Å²) < 4.78 is 15.0. The van der Waals surface area contributed by atoms with Gasteiger partial charge in [0.1, 0.15) is 11.5 Å². The summed E-state index contributed by atoms with van der Waals surface area (Å²) >= 11 is 18.7. The first-order chi connectivity index (χ1) is 16.9. The van der Waals surface area contributed by atoms with Crippen molar-refractivity contribution in [2.75, 3.05) is 31.1 Å². The van der Waals surface area contributed by atoms with Gasteiger partial charge in [-0.2, -0.15) is 5.10 Å². The molecule has 0 bridgehead atoms. The fourth-order valence-electron chi connectivity index (χ4n) is 4.13. The van der Waals surface area contributed by atoms with Gasteiger partial charge >= 0.3 is 0 Å². The molecule has 0 spiro atoms. The number of carbonyl (C=O) groups is 1. The number of halogens is 4. The average Bonchev–Trinajstić information content (AvgIpc) is 3.32. The van der Waals surface area contributed by atoms with Crippen LogP contribution in [0, 0.1) is 5.82 Å². The van der Waals surface area contributed by atoms with Gasteiger partial charge in [-0.15, -0.1) is 0 Å². The van der Waals surface area contributed by atoms with Gasteiger partial charge in [0.2, 0.25) is 0 Å². The van der Waals surface area contributed by atoms with E-state index in [2.05, 4.69) is 10.00 Å². The van der Waals surface area contributed by atoms with Gasteiger partial charge in [-0.1, -0.05) is 46.9 Å². The highest BCUT2D eigenvalue weighted by atomic mass is 35.5. The summed E-state index contributed by atoms with van der Waals surface area (Å²) in [4.78, 5) is 17.6. The highest BCUT2D eigenvalue weighted by Crippen LogP contribution is 2.29. The van der Waals surface area contributed by atoms with Crippen LogP contribution < -0.4 is 4.90 Å². The predicted molar refractivity (Wildman–Crippen MR) is 139 cm³/mol. The molecular weight excluding hydrogens is 510 g/mol. The summed E-state index contributed by atoms with van der Waals surface area (Å²) in [6.45, 7) is 2.37. The van der Waals surface area contributed by atoms with E-state index in [1.54, 1.807) is 46.0 Å². The molecule has 1 aliphatic heterocycles. The van der Waals surface area contributed by atoms with Crippen LogP contribution in [0.3, 0.4) is 0 Å². The van der Waals surface area contributed by atoms with Gasteiger partial charge in [0.15, 0.2) is 0 Å². The SMILES string of the molecule is O=C(c1cc(-c2ccc(F)cc2)nn1-c1ccc(Cl)c(Cl)c1)N1CCN(c2ccccc2Cl)CC1. The van der Waals surface area contributed by atoms with Crippen molar-refractivity contribution in [1.82, 2.24) is 14.7 Å². The summed E-state index contributed by atoms with van der Waals surface area (Å²) in [7, 11) is 0. The molecule has 2 heterocycles. The van der Waals surface area contributed by atoms with Crippen molar-refractivity contribution in [3.63, 3.8) is 0 Å². The molecule has 1 aliphatic rings. The molecule has 1 amide bonds. The smallest absolute Gasteiger partial charge is 0.272 e. The van der Waals surface area contributed by atoms with Gasteiger partial charge in [0.05, 0.1) is 32.1 Å². The number of hydrogen-bond acceptors (Lipinski definition) is 3. The third-order valence-corrected chi connectivity index (χ3v) is 7.03. The van der Waals surface area contributed by atoms with E-state index in [0.29, 0.717) is 63.9 Å². The van der Waals surface area contributed by atoms with Crippen LogP contribution in [0.25, 0.3) is 16.9 Å². The largest absolute Gasteiger partial charge is 0.367 e. The minimum Gasteiger partial charge on any atom is -0.367 e. The Bertz CT molecular complexity index is 1380. The standard InChI is InChI=1S/C26H20Cl3FN4O/c27-20-10-9-19(15-22(20)29)34-25(16-23(31-34)17-5-7-18(30)8-6-17)26(35)33-13-11-32(12-14-33)24-4-2-1-3-21(24)28/h1-10,15-16H,11-14H2. The second kappa shape index (κ2) is 9.90. The Hall–Kier alpha value is -3.06. The van der Waals surface area contributed by atoms with Crippen molar-refractivity contribution in [2.24, 2.45) is 0 Å². The molecule has 35 heavy (non-hydrogen) atoms. The van der Waals surface area contributed by atoms with Gasteiger partial charge in [-0.3, -0.25) is 4.79 Å². The van der Waals surface area contributed by atoms with Gasteiger partial charge in [0, 0.05) is 31.7 Å². The Morgan fingerprint density at radius 3 is 2.20 bits per heavy atom. The Labute approximate surface area is 217 Å². The Morgan fingerprint density at radius 2 is 1.51 bits per heavy atom. The van der Waals surface area contributed by atoms with Gasteiger partial charge in [0.25, 0.3) is 5.91 Å². The van der Waals surface area contributed by atoms with Crippen LogP contribution in [0.4, 0.5) is 10.1 Å². The zero-order valence-electron chi connectivity index (χ0n) is 18.5. The number of rotatable bonds is 4. The zero-order chi connectivity index (χ0) is 24.5. The maximum absolute atomic E-state index is 13.7. The minimum absolute atomic E-state index is 0.157. The third-order valence-electron chi connectivity index (χ3n) is 5.98. The molecule has 1 aromatic heterocycles. The quantitative estimate of drug-likeness (QED) is 0.299. The Balaban J connectivity index is 1.46. The van der Waals surface area contributed by atoms with Crippen molar-refractivity contribution < 1.29 is 9.18 Å². The van der Waals surface area contributed by atoms with Crippen molar-refractivity contribution in [3.8, 4) is 16.9 Å². The van der Waals surface area contributed by atoms with Gasteiger partial charge in [-0.25, -0.2) is 9.07 Å². The molecular formula is C26H20Cl3FN4O. The summed E-state index contributed by atoms with van der Waals surface area (Å²) in [6, 6.07) is 20.5. The first-order valence-electron chi connectivity index (χ1n) is 11.0. The topological polar surface area (TPSA) is 41.4 Å². The normalized spacial score (nSPS) is 13.8. The molecule has 0 N–H and O–H groups in total. The first-order valence-corrected chi connectivity index (χ1v) is 12.1. The molecule has 1 saturated heterocycles. The lowest BCUT2D eigenvalue weighted by Gasteiger charge is -2.36. The number of amides is 1. The summed E-state index contributed by atoms with van der Waals surface area (Å²) in [5.74, 6) is -0.499. The predicted octanol–water partition coefficient (Wildman–Crippen LogP) is 6.60. The van der Waals surface area contributed by atoms with Crippen LogP contribution in [0.5, 0.6) is 0 Å². The maximum Gasteiger partial charge on any atom is 0.272 e. The van der Waals surface area contributed by atoms with Crippen molar-refractivity contribution in [1.29, 1.82) is 0 Å². The number of para-hydroxylation sites is 1. The second-order valence-electron chi connectivity index (χ2n) is 8.16. The highest BCUT2D eigenvalue weighted by molar-refractivity contribution is 6.42. The second-order valence-corrected chi connectivity index (χ2v) is 9.38. The molecule has 0 atom stereocenters. The monoisotopic (exact) mass is 528 g/mol. The lowest BCUT2D eigenvalue weighted by atomic mass is 10.1. The van der Waals surface area contributed by atoms with Crippen molar-refractivity contribution in [3.05, 3.63) is 99.4 Å². The van der Waals surface area contributed by atoms with E-state index < -0.39 is 0 Å². The molecule has 178 valence electrons. The van der Waals surface area contributed by atoms with E-state index in [1.807, 2.05) is 24.3 Å². The summed E-state index contributed by atoms with van der Waals surface area (Å²) in [5.41, 5.74) is 3.19. The van der Waals surface area contributed by atoms with Crippen molar-refractivity contribution in [2.45, 2.75) is 0 Å². The third kappa shape index (κ3) is 4.87. The number of benzene rings is 3. The number of nitrogens with zero attached hydrogens (tertiary/aromatic N) is 4. The molecule has 0 saturated carbocycles. The lowest BCUT2D eigenvalue weighted by molar-refractivity contribution is 0.0737. The van der Waals surface area contributed by atoms with E-state index in [1.165, 1.54) is 12.1 Å². The Morgan fingerprint density at radius 1 is 0.800 bits per heavy atom. The molecule has 0 unspecified atom stereocenters. The fourth-order valence-corrected chi connectivity index (χ4v) is 4.68. The van der Waals surface area contributed by atoms with Crippen LogP contribution in [0.2, 0.25) is 15.1 Å². The lowest BCUT2D eigenvalue weighted by Crippen LogP contribution is -2.49. The van der Waals surface area contributed by atoms with Gasteiger partial charge < -0.3 is 9.80 Å². The van der Waals surface area contributed by atoms with Crippen LogP contribution in [-0.2, 0) is 0 Å². The molecule has 0 aliphatic carbocycles. The van der Waals surface area contributed by atoms with E-state index >= 15 is 0 Å². The molecule has 5 rings (SSSR count). The average molecular weight is 530 g/mol. The summed E-state index contributed by atoms with van der Waals surface area (Å²) in [5, 5.41) is 6.11. The minimum atomic E-state index is -0.342. The number of carbonyl (C=O) groups excluding carboxylic acids is 1. The zero-order valence-corrected chi connectivity index (χ0v) is 20.7. The fraction of sp³-hybridized carbons (Fsp3) is 0.154. The van der Waals surface area contributed by atoms with Crippen LogP contribution in [0.1, 0.15) is 10.5 Å². The molecule has 3 aromatic carbocycles. The molecule has 5 nitrogen and oxygen atoms in total. The van der Waals surface area contributed by atoms with Crippen LogP contribution in [-0.4, -0.2) is 46.8 Å². The maximum atomic E-state index is 13.7. The van der Waals surface area contributed by atoms with Crippen LogP contribution >= 0.6 is 34.8 Å². The number of aromatic nitrogens is 2. The van der Waals surface area contributed by atoms with E-state index in [9.17, 15) is 9.18 Å². The van der Waals surface area contributed by atoms with Crippen molar-refractivity contribution >= 4 is 46.4 Å². The molecule has 9 heteroatoms. The van der Waals surface area contributed by atoms with Gasteiger partial charge in [-0.05, 0) is 60.7 Å². The Kier molecular flexibility index (Phi) is 6.69. The van der Waals surface area contributed by atoms with E-state index in [-0.39, 0.29) is 11.7 Å². The number of hydrogen-bond donors (Lipinski definition) is 0. The molecule has 4 aromatic rings. The molecule has 0 radical (unpaired) electrons. The molecule has 1 fully saturated rings. The highest BCUT2D eigenvalue weighted by Gasteiger charge is 2.27.